The predicted octanol–water partition coefficient (Wildman–Crippen LogP) is 3.52. The van der Waals surface area contributed by atoms with Gasteiger partial charge in [-0.25, -0.2) is 9.97 Å². The van der Waals surface area contributed by atoms with Crippen molar-refractivity contribution in [3.63, 3.8) is 0 Å². The molecule has 1 amide bonds. The lowest BCUT2D eigenvalue weighted by atomic mass is 9.73. The van der Waals surface area contributed by atoms with E-state index in [0.717, 1.165) is 49.6 Å². The van der Waals surface area contributed by atoms with Gasteiger partial charge in [0.05, 0.1) is 56.3 Å². The molecule has 1 aromatic carbocycles. The third-order valence-electron chi connectivity index (χ3n) is 9.46. The zero-order chi connectivity index (χ0) is 28.7. The minimum absolute atomic E-state index is 0.0218. The summed E-state index contributed by atoms with van der Waals surface area (Å²) in [5.41, 5.74) is 1.70. The first-order valence-electron chi connectivity index (χ1n) is 14.8. The van der Waals surface area contributed by atoms with Gasteiger partial charge >= 0.3 is 5.97 Å². The van der Waals surface area contributed by atoms with Crippen molar-refractivity contribution in [2.24, 2.45) is 23.2 Å². The van der Waals surface area contributed by atoms with Crippen molar-refractivity contribution in [3.8, 4) is 11.6 Å². The number of amides is 1. The molecule has 1 saturated carbocycles. The monoisotopic (exact) mass is 565 g/mol. The third kappa shape index (κ3) is 5.50. The topological polar surface area (TPSA) is 117 Å². The van der Waals surface area contributed by atoms with E-state index >= 15 is 0 Å². The van der Waals surface area contributed by atoms with Gasteiger partial charge in [-0.05, 0) is 43.7 Å². The average molecular weight is 566 g/mol. The van der Waals surface area contributed by atoms with Gasteiger partial charge in [0.25, 0.3) is 0 Å². The Morgan fingerprint density at radius 1 is 1.07 bits per heavy atom. The van der Waals surface area contributed by atoms with E-state index in [1.165, 1.54) is 0 Å². The van der Waals surface area contributed by atoms with Crippen molar-refractivity contribution in [3.05, 3.63) is 23.9 Å². The van der Waals surface area contributed by atoms with Crippen molar-refractivity contribution in [1.82, 2.24) is 14.9 Å². The molecule has 41 heavy (non-hydrogen) atoms. The van der Waals surface area contributed by atoms with Crippen LogP contribution in [0.1, 0.15) is 58.1 Å². The minimum Gasteiger partial charge on any atom is -0.497 e. The Bertz CT molecular complexity index is 1330. The first-order valence-corrected chi connectivity index (χ1v) is 14.8. The van der Waals surface area contributed by atoms with E-state index in [2.05, 4.69) is 0 Å². The molecule has 1 aliphatic carbocycles. The second kappa shape index (κ2) is 11.2. The SMILES string of the molecule is COc1ccc2nc3c(nc2c1)O[C@H]1CN(C(=O)[C@H](C2(C)COC2)CC(=O)O[C@@H]2C[C@H]2CCCCC3)[C@H](C=O)[C@@H]1C. The minimum atomic E-state index is -0.678. The molecule has 220 valence electrons. The molecule has 10 heteroatoms. The van der Waals surface area contributed by atoms with E-state index in [0.29, 0.717) is 42.7 Å². The molecule has 1 aromatic heterocycles. The van der Waals surface area contributed by atoms with Crippen LogP contribution < -0.4 is 9.47 Å². The van der Waals surface area contributed by atoms with Gasteiger partial charge in [-0.2, -0.15) is 0 Å². The van der Waals surface area contributed by atoms with Gasteiger partial charge in [-0.1, -0.05) is 26.7 Å². The molecular formula is C31H39N3O7. The summed E-state index contributed by atoms with van der Waals surface area (Å²) in [7, 11) is 1.61. The van der Waals surface area contributed by atoms with Crippen LogP contribution in [0, 0.1) is 23.2 Å². The van der Waals surface area contributed by atoms with Gasteiger partial charge < -0.3 is 28.6 Å². The molecule has 0 spiro atoms. The van der Waals surface area contributed by atoms with E-state index in [-0.39, 0.29) is 36.9 Å². The van der Waals surface area contributed by atoms with Crippen LogP contribution in [0.15, 0.2) is 18.2 Å². The van der Waals surface area contributed by atoms with Gasteiger partial charge in [0.1, 0.15) is 29.9 Å². The first kappa shape index (κ1) is 27.9. The number of aryl methyl sites for hydroxylation is 1. The van der Waals surface area contributed by atoms with Crippen molar-refractivity contribution in [1.29, 1.82) is 0 Å². The first-order chi connectivity index (χ1) is 19.8. The zero-order valence-corrected chi connectivity index (χ0v) is 24.0. The number of esters is 1. The maximum absolute atomic E-state index is 14.1. The van der Waals surface area contributed by atoms with Crippen molar-refractivity contribution < 1.29 is 33.3 Å². The number of hydrogen-bond donors (Lipinski definition) is 0. The van der Waals surface area contributed by atoms with Gasteiger partial charge in [-0.3, -0.25) is 9.59 Å². The normalized spacial score (nSPS) is 31.9. The molecule has 6 rings (SSSR count). The zero-order valence-electron chi connectivity index (χ0n) is 24.0. The van der Waals surface area contributed by atoms with Gasteiger partial charge in [0.15, 0.2) is 0 Å². The Balaban J connectivity index is 1.33. The standard InChI is InChI=1S/C31H39N3O7/c1-18-25(15-35)34-14-27(18)41-29-23(32-22-10-9-20(38-3)12-24(22)33-29)8-6-4-5-7-19-11-26(19)40-28(36)13-21(30(34)37)31(2)16-39-17-31/h9-10,12,15,18-19,21,25-27H,4-8,11,13-14,16-17H2,1-3H3/t18-,19+,21+,25+,26+,27-/m0/s1. The summed E-state index contributed by atoms with van der Waals surface area (Å²) in [4.78, 5) is 50.8. The highest BCUT2D eigenvalue weighted by Crippen LogP contribution is 2.43. The Labute approximate surface area is 240 Å². The van der Waals surface area contributed by atoms with E-state index in [4.69, 9.17) is 28.9 Å². The summed E-state index contributed by atoms with van der Waals surface area (Å²) in [6.45, 7) is 4.87. The highest BCUT2D eigenvalue weighted by molar-refractivity contribution is 5.87. The lowest BCUT2D eigenvalue weighted by Gasteiger charge is -2.44. The quantitative estimate of drug-likeness (QED) is 0.407. The molecule has 4 aliphatic rings. The van der Waals surface area contributed by atoms with E-state index in [1.54, 1.807) is 12.0 Å². The number of carbonyl (C=O) groups is 3. The average Bonchev–Trinajstić information content (AvgIpc) is 3.60. The van der Waals surface area contributed by atoms with Crippen molar-refractivity contribution >= 4 is 29.2 Å². The number of hydrogen-bond acceptors (Lipinski definition) is 9. The fourth-order valence-electron chi connectivity index (χ4n) is 6.53. The number of benzene rings is 1. The van der Waals surface area contributed by atoms with Gasteiger partial charge in [0.2, 0.25) is 11.8 Å². The second-order valence-corrected chi connectivity index (χ2v) is 12.5. The summed E-state index contributed by atoms with van der Waals surface area (Å²) in [6.07, 6.45) is 5.84. The highest BCUT2D eigenvalue weighted by atomic mass is 16.5. The van der Waals surface area contributed by atoms with E-state index in [1.807, 2.05) is 32.0 Å². The predicted molar refractivity (Wildman–Crippen MR) is 148 cm³/mol. The number of carbonyl (C=O) groups excluding carboxylic acids is 3. The molecule has 2 saturated heterocycles. The van der Waals surface area contributed by atoms with Crippen LogP contribution >= 0.6 is 0 Å². The van der Waals surface area contributed by atoms with Crippen LogP contribution in [0.25, 0.3) is 11.0 Å². The number of nitrogens with zero attached hydrogens (tertiary/aromatic N) is 3. The van der Waals surface area contributed by atoms with Crippen LogP contribution in [0.2, 0.25) is 0 Å². The summed E-state index contributed by atoms with van der Waals surface area (Å²) in [5.74, 6) is -0.00957. The molecule has 4 heterocycles. The fraction of sp³-hybridized carbons (Fsp3) is 0.645. The molecule has 2 bridgehead atoms. The Morgan fingerprint density at radius 3 is 2.63 bits per heavy atom. The molecule has 0 N–H and O–H groups in total. The largest absolute Gasteiger partial charge is 0.497 e. The number of methoxy groups -OCH3 is 1. The van der Waals surface area contributed by atoms with Gasteiger partial charge in [0, 0.05) is 17.4 Å². The Kier molecular flexibility index (Phi) is 7.61. The smallest absolute Gasteiger partial charge is 0.306 e. The van der Waals surface area contributed by atoms with Crippen LogP contribution in [0.3, 0.4) is 0 Å². The van der Waals surface area contributed by atoms with E-state index < -0.39 is 23.5 Å². The van der Waals surface area contributed by atoms with E-state index in [9.17, 15) is 14.4 Å². The fourth-order valence-corrected chi connectivity index (χ4v) is 6.53. The highest BCUT2D eigenvalue weighted by Gasteiger charge is 2.52. The summed E-state index contributed by atoms with van der Waals surface area (Å²) < 4.78 is 23.2. The molecule has 3 aliphatic heterocycles. The number of ether oxygens (including phenoxy) is 4. The second-order valence-electron chi connectivity index (χ2n) is 12.5. The lowest BCUT2D eigenvalue weighted by molar-refractivity contribution is -0.174. The number of aromatic nitrogens is 2. The third-order valence-corrected chi connectivity index (χ3v) is 9.46. The Hall–Kier alpha value is -3.27. The molecule has 0 radical (unpaired) electrons. The molecule has 3 fully saturated rings. The summed E-state index contributed by atoms with van der Waals surface area (Å²) in [5, 5.41) is 0. The van der Waals surface area contributed by atoms with Crippen molar-refractivity contribution in [2.45, 2.75) is 77.0 Å². The molecule has 10 nitrogen and oxygen atoms in total. The lowest BCUT2D eigenvalue weighted by Crippen LogP contribution is -2.54. The molecule has 6 atom stereocenters. The van der Waals surface area contributed by atoms with Gasteiger partial charge in [-0.15, -0.1) is 0 Å². The summed E-state index contributed by atoms with van der Waals surface area (Å²) in [6, 6.07) is 4.91. The van der Waals surface area contributed by atoms with Crippen LogP contribution in [0.4, 0.5) is 0 Å². The molecular weight excluding hydrogens is 526 g/mol. The molecule has 0 unspecified atom stereocenters. The van der Waals surface area contributed by atoms with Crippen molar-refractivity contribution in [2.75, 3.05) is 26.9 Å². The number of rotatable bonds is 3. The maximum atomic E-state index is 14.1. The van der Waals surface area contributed by atoms with Crippen LogP contribution in [-0.4, -0.2) is 78.1 Å². The Morgan fingerprint density at radius 2 is 1.90 bits per heavy atom. The molecule has 2 aromatic rings. The van der Waals surface area contributed by atoms with Crippen LogP contribution in [0.5, 0.6) is 11.6 Å². The maximum Gasteiger partial charge on any atom is 0.306 e. The number of fused-ring (bicyclic) bond motifs is 5. The summed E-state index contributed by atoms with van der Waals surface area (Å²) >= 11 is 0. The number of aldehydes is 1. The van der Waals surface area contributed by atoms with Crippen LogP contribution in [-0.2, 0) is 30.3 Å².